The number of nitrogens with one attached hydrogen (secondary N) is 1. The van der Waals surface area contributed by atoms with Crippen LogP contribution in [0.15, 0.2) is 39.6 Å². The van der Waals surface area contributed by atoms with Gasteiger partial charge in [0.1, 0.15) is 6.04 Å². The van der Waals surface area contributed by atoms with Gasteiger partial charge in [0.05, 0.1) is 5.69 Å². The molecule has 0 spiro atoms. The zero-order valence-corrected chi connectivity index (χ0v) is 13.6. The fourth-order valence-electron chi connectivity index (χ4n) is 2.02. The van der Waals surface area contributed by atoms with E-state index in [-0.39, 0.29) is 17.6 Å². The topological polar surface area (TPSA) is 107 Å². The Labute approximate surface area is 138 Å². The SMILES string of the molecule is CC(C)c1cc(C(=O)NC(C)c2nc(-c3cccnc3)no2)on1. The van der Waals surface area contributed by atoms with Crippen LogP contribution in [-0.2, 0) is 0 Å². The van der Waals surface area contributed by atoms with Gasteiger partial charge in [0, 0.05) is 24.0 Å². The van der Waals surface area contributed by atoms with E-state index in [0.29, 0.717) is 11.7 Å². The van der Waals surface area contributed by atoms with Crippen molar-refractivity contribution in [3.63, 3.8) is 0 Å². The van der Waals surface area contributed by atoms with Crippen LogP contribution in [0.4, 0.5) is 0 Å². The normalized spacial score (nSPS) is 12.3. The molecule has 3 aromatic heterocycles. The van der Waals surface area contributed by atoms with Gasteiger partial charge in [-0.2, -0.15) is 4.98 Å². The second-order valence-electron chi connectivity index (χ2n) is 5.66. The molecule has 0 radical (unpaired) electrons. The van der Waals surface area contributed by atoms with Gasteiger partial charge in [0.15, 0.2) is 0 Å². The van der Waals surface area contributed by atoms with Gasteiger partial charge < -0.3 is 14.4 Å². The van der Waals surface area contributed by atoms with E-state index in [1.807, 2.05) is 19.9 Å². The highest BCUT2D eigenvalue weighted by Crippen LogP contribution is 2.18. The molecule has 0 aliphatic carbocycles. The molecule has 1 N–H and O–H groups in total. The number of carbonyl (C=O) groups is 1. The third-order valence-electron chi connectivity index (χ3n) is 3.42. The number of amides is 1. The lowest BCUT2D eigenvalue weighted by atomic mass is 10.1. The molecular weight excluding hydrogens is 310 g/mol. The maximum Gasteiger partial charge on any atom is 0.290 e. The molecular formula is C16H17N5O3. The highest BCUT2D eigenvalue weighted by atomic mass is 16.5. The summed E-state index contributed by atoms with van der Waals surface area (Å²) in [6.07, 6.45) is 3.30. The van der Waals surface area contributed by atoms with Crippen LogP contribution in [0.2, 0.25) is 0 Å². The van der Waals surface area contributed by atoms with Gasteiger partial charge in [-0.3, -0.25) is 9.78 Å². The minimum absolute atomic E-state index is 0.151. The second kappa shape index (κ2) is 6.61. The van der Waals surface area contributed by atoms with Gasteiger partial charge >= 0.3 is 0 Å². The molecule has 1 unspecified atom stereocenters. The van der Waals surface area contributed by atoms with Gasteiger partial charge in [-0.25, -0.2) is 0 Å². The van der Waals surface area contributed by atoms with Crippen LogP contribution in [0.3, 0.4) is 0 Å². The fraction of sp³-hybridized carbons (Fsp3) is 0.312. The minimum Gasteiger partial charge on any atom is -0.351 e. The number of carbonyl (C=O) groups excluding carboxylic acids is 1. The number of aromatic nitrogens is 4. The monoisotopic (exact) mass is 327 g/mol. The molecule has 0 aliphatic rings. The first-order chi connectivity index (χ1) is 11.5. The standard InChI is InChI=1S/C16H17N5O3/c1-9(2)12-7-13(23-20-12)15(22)18-10(3)16-19-14(21-24-16)11-5-4-6-17-8-11/h4-10H,1-3H3,(H,18,22). The molecule has 8 nitrogen and oxygen atoms in total. The van der Waals surface area contributed by atoms with E-state index in [2.05, 4.69) is 25.6 Å². The van der Waals surface area contributed by atoms with E-state index in [1.165, 1.54) is 0 Å². The summed E-state index contributed by atoms with van der Waals surface area (Å²) in [4.78, 5) is 20.5. The van der Waals surface area contributed by atoms with Crippen molar-refractivity contribution in [2.24, 2.45) is 0 Å². The van der Waals surface area contributed by atoms with Crippen molar-refractivity contribution in [2.75, 3.05) is 0 Å². The Balaban J connectivity index is 1.69. The summed E-state index contributed by atoms with van der Waals surface area (Å²) in [7, 11) is 0. The summed E-state index contributed by atoms with van der Waals surface area (Å²) in [6.45, 7) is 5.69. The summed E-state index contributed by atoms with van der Waals surface area (Å²) >= 11 is 0. The molecule has 8 heteroatoms. The summed E-state index contributed by atoms with van der Waals surface area (Å²) in [5.41, 5.74) is 1.47. The maximum absolute atomic E-state index is 12.2. The fourth-order valence-corrected chi connectivity index (χ4v) is 2.02. The number of hydrogen-bond acceptors (Lipinski definition) is 7. The van der Waals surface area contributed by atoms with Crippen molar-refractivity contribution in [1.82, 2.24) is 25.6 Å². The summed E-state index contributed by atoms with van der Waals surface area (Å²) < 4.78 is 10.3. The van der Waals surface area contributed by atoms with Gasteiger partial charge in [-0.05, 0) is 25.0 Å². The first-order valence-electron chi connectivity index (χ1n) is 7.56. The maximum atomic E-state index is 12.2. The predicted molar refractivity (Wildman–Crippen MR) is 84.0 cm³/mol. The average Bonchev–Trinajstić information content (AvgIpc) is 3.25. The Morgan fingerprint density at radius 2 is 2.04 bits per heavy atom. The van der Waals surface area contributed by atoms with Crippen molar-refractivity contribution in [2.45, 2.75) is 32.7 Å². The molecule has 0 saturated carbocycles. The molecule has 0 saturated heterocycles. The van der Waals surface area contributed by atoms with Crippen LogP contribution in [0.1, 0.15) is 54.9 Å². The number of pyridine rings is 1. The smallest absolute Gasteiger partial charge is 0.290 e. The minimum atomic E-state index is -0.469. The number of nitrogens with zero attached hydrogens (tertiary/aromatic N) is 4. The highest BCUT2D eigenvalue weighted by Gasteiger charge is 2.21. The first-order valence-corrected chi connectivity index (χ1v) is 7.56. The summed E-state index contributed by atoms with van der Waals surface area (Å²) in [5, 5.41) is 10.5. The Morgan fingerprint density at radius 3 is 2.71 bits per heavy atom. The first kappa shape index (κ1) is 15.9. The van der Waals surface area contributed by atoms with Crippen LogP contribution < -0.4 is 5.32 Å². The lowest BCUT2D eigenvalue weighted by molar-refractivity contribution is 0.0895. The molecule has 3 rings (SSSR count). The molecule has 0 fully saturated rings. The van der Waals surface area contributed by atoms with E-state index in [9.17, 15) is 4.79 Å². The van der Waals surface area contributed by atoms with Crippen molar-refractivity contribution < 1.29 is 13.8 Å². The lowest BCUT2D eigenvalue weighted by Crippen LogP contribution is -2.26. The van der Waals surface area contributed by atoms with Crippen LogP contribution in [0.5, 0.6) is 0 Å². The average molecular weight is 327 g/mol. The largest absolute Gasteiger partial charge is 0.351 e. The van der Waals surface area contributed by atoms with Gasteiger partial charge in [0.2, 0.25) is 17.5 Å². The van der Waals surface area contributed by atoms with Gasteiger partial charge in [-0.1, -0.05) is 24.2 Å². The van der Waals surface area contributed by atoms with Crippen LogP contribution in [0, 0.1) is 0 Å². The lowest BCUT2D eigenvalue weighted by Gasteiger charge is -2.07. The molecule has 1 atom stereocenters. The Bertz CT molecular complexity index is 825. The zero-order valence-electron chi connectivity index (χ0n) is 13.6. The molecule has 3 heterocycles. The molecule has 0 bridgehead atoms. The van der Waals surface area contributed by atoms with E-state index < -0.39 is 6.04 Å². The van der Waals surface area contributed by atoms with Crippen molar-refractivity contribution in [1.29, 1.82) is 0 Å². The zero-order chi connectivity index (χ0) is 17.1. The van der Waals surface area contributed by atoms with E-state index >= 15 is 0 Å². The molecule has 0 aliphatic heterocycles. The third-order valence-corrected chi connectivity index (χ3v) is 3.42. The summed E-state index contributed by atoms with van der Waals surface area (Å²) in [6, 6.07) is 4.77. The predicted octanol–water partition coefficient (Wildman–Crippen LogP) is 2.73. The Kier molecular flexibility index (Phi) is 4.37. The number of rotatable bonds is 5. The van der Waals surface area contributed by atoms with Crippen molar-refractivity contribution in [3.8, 4) is 11.4 Å². The van der Waals surface area contributed by atoms with Crippen LogP contribution in [-0.4, -0.2) is 26.2 Å². The molecule has 3 aromatic rings. The Morgan fingerprint density at radius 1 is 1.21 bits per heavy atom. The van der Waals surface area contributed by atoms with Gasteiger partial charge in [0.25, 0.3) is 5.91 Å². The molecule has 0 aromatic carbocycles. The Hall–Kier alpha value is -3.03. The van der Waals surface area contributed by atoms with Crippen molar-refractivity contribution in [3.05, 3.63) is 47.9 Å². The molecule has 1 amide bonds. The van der Waals surface area contributed by atoms with Gasteiger partial charge in [-0.15, -0.1) is 0 Å². The van der Waals surface area contributed by atoms with E-state index in [0.717, 1.165) is 11.3 Å². The third kappa shape index (κ3) is 3.32. The van der Waals surface area contributed by atoms with E-state index in [4.69, 9.17) is 9.05 Å². The molecule has 124 valence electrons. The second-order valence-corrected chi connectivity index (χ2v) is 5.66. The number of hydrogen-bond donors (Lipinski definition) is 1. The summed E-state index contributed by atoms with van der Waals surface area (Å²) in [5.74, 6) is 0.665. The van der Waals surface area contributed by atoms with Crippen molar-refractivity contribution >= 4 is 5.91 Å². The molecule has 24 heavy (non-hydrogen) atoms. The van der Waals surface area contributed by atoms with Crippen LogP contribution in [0.25, 0.3) is 11.4 Å². The highest BCUT2D eigenvalue weighted by molar-refractivity contribution is 5.91. The van der Waals surface area contributed by atoms with Crippen LogP contribution >= 0.6 is 0 Å². The van der Waals surface area contributed by atoms with E-state index in [1.54, 1.807) is 31.5 Å². The quantitative estimate of drug-likeness (QED) is 0.767.